The molecule has 3 aromatic carbocycles. The number of hydrogen-bond acceptors (Lipinski definition) is 9. The van der Waals surface area contributed by atoms with Crippen LogP contribution in [-0.4, -0.2) is 56.2 Å². The second-order valence-corrected chi connectivity index (χ2v) is 12.5. The number of allylic oxidation sites excluding steroid dienone is 1. The summed E-state index contributed by atoms with van der Waals surface area (Å²) in [6.45, 7) is 8.58. The van der Waals surface area contributed by atoms with Gasteiger partial charge in [0, 0.05) is 17.2 Å². The average Bonchev–Trinajstić information content (AvgIpc) is 3.17. The van der Waals surface area contributed by atoms with E-state index in [0.29, 0.717) is 50.4 Å². The van der Waals surface area contributed by atoms with Crippen LogP contribution in [0.25, 0.3) is 17.2 Å². The molecule has 0 unspecified atom stereocenters. The number of hydrogen-bond donors (Lipinski definition) is 0. The standard InChI is InChI=1S/C43H48O9/c1-3-41(45)50-29-9-7-27-49-38-24-20-35(21-25-38)34-16-18-36(19-17-34)40(44)26-15-33-13-22-37(23-14-33)48-28-8-10-30-51-43(47)32(2)31-42(46)52-39-11-5-4-6-12-39/h3,13-26,39H,1-2,4-12,27-31H2/b26-15+. The number of ketones is 1. The Morgan fingerprint density at radius 3 is 1.81 bits per heavy atom. The largest absolute Gasteiger partial charge is 0.494 e. The molecule has 0 heterocycles. The molecular weight excluding hydrogens is 660 g/mol. The van der Waals surface area contributed by atoms with Crippen molar-refractivity contribution in [1.29, 1.82) is 0 Å². The van der Waals surface area contributed by atoms with E-state index in [0.717, 1.165) is 60.6 Å². The number of carbonyl (C=O) groups is 4. The maximum atomic E-state index is 12.8. The number of ether oxygens (including phenoxy) is 5. The fraction of sp³-hybridized carbons (Fsp3) is 0.349. The summed E-state index contributed by atoms with van der Waals surface area (Å²) in [5.74, 6) is -0.0655. The molecular formula is C43H48O9. The minimum absolute atomic E-state index is 0.0523. The molecule has 0 bridgehead atoms. The monoisotopic (exact) mass is 708 g/mol. The van der Waals surface area contributed by atoms with Crippen molar-refractivity contribution >= 4 is 29.8 Å². The van der Waals surface area contributed by atoms with Crippen LogP contribution in [0.5, 0.6) is 11.5 Å². The van der Waals surface area contributed by atoms with Crippen molar-refractivity contribution in [2.24, 2.45) is 0 Å². The van der Waals surface area contributed by atoms with E-state index in [4.69, 9.17) is 23.7 Å². The maximum absolute atomic E-state index is 12.8. The molecule has 9 nitrogen and oxygen atoms in total. The Hall–Kier alpha value is -5.44. The first-order chi connectivity index (χ1) is 25.3. The van der Waals surface area contributed by atoms with Crippen molar-refractivity contribution in [3.8, 4) is 22.6 Å². The van der Waals surface area contributed by atoms with E-state index in [9.17, 15) is 19.2 Å². The van der Waals surface area contributed by atoms with Crippen molar-refractivity contribution in [2.75, 3.05) is 26.4 Å². The van der Waals surface area contributed by atoms with Gasteiger partial charge >= 0.3 is 17.9 Å². The van der Waals surface area contributed by atoms with Crippen LogP contribution in [0.1, 0.15) is 80.1 Å². The van der Waals surface area contributed by atoms with Crippen LogP contribution < -0.4 is 9.47 Å². The third kappa shape index (κ3) is 14.1. The van der Waals surface area contributed by atoms with Gasteiger partial charge in [0.25, 0.3) is 0 Å². The first-order valence-corrected chi connectivity index (χ1v) is 17.9. The molecule has 0 N–H and O–H groups in total. The second-order valence-electron chi connectivity index (χ2n) is 12.5. The Balaban J connectivity index is 1.09. The van der Waals surface area contributed by atoms with Gasteiger partial charge in [-0.05, 0) is 98.4 Å². The van der Waals surface area contributed by atoms with Crippen LogP contribution in [-0.2, 0) is 28.6 Å². The molecule has 274 valence electrons. The molecule has 0 spiro atoms. The SMILES string of the molecule is C=CC(=O)OCCCCOc1ccc(-c2ccc(C(=O)/C=C/c3ccc(OCCCCOC(=O)C(=C)CC(=O)OC4CCCCC4)cc3)cc2)cc1. The molecule has 0 amide bonds. The molecule has 0 radical (unpaired) electrons. The number of carbonyl (C=O) groups excluding carboxylic acids is 4. The van der Waals surface area contributed by atoms with Gasteiger partial charge in [-0.2, -0.15) is 0 Å². The lowest BCUT2D eigenvalue weighted by Gasteiger charge is -2.21. The van der Waals surface area contributed by atoms with Gasteiger partial charge in [-0.1, -0.05) is 74.2 Å². The molecule has 0 atom stereocenters. The van der Waals surface area contributed by atoms with Crippen molar-refractivity contribution < 1.29 is 42.9 Å². The lowest BCUT2D eigenvalue weighted by molar-refractivity contribution is -0.151. The highest BCUT2D eigenvalue weighted by molar-refractivity contribution is 6.07. The highest BCUT2D eigenvalue weighted by Crippen LogP contribution is 2.24. The van der Waals surface area contributed by atoms with Crippen molar-refractivity contribution in [3.05, 3.63) is 115 Å². The molecule has 3 aromatic rings. The maximum Gasteiger partial charge on any atom is 0.333 e. The molecule has 0 aromatic heterocycles. The summed E-state index contributed by atoms with van der Waals surface area (Å²) in [5.41, 5.74) is 3.56. The van der Waals surface area contributed by atoms with Gasteiger partial charge in [0.1, 0.15) is 17.6 Å². The van der Waals surface area contributed by atoms with Crippen LogP contribution in [0.2, 0.25) is 0 Å². The molecule has 0 aliphatic heterocycles. The van der Waals surface area contributed by atoms with Crippen LogP contribution in [0.4, 0.5) is 0 Å². The number of unbranched alkanes of at least 4 members (excludes halogenated alkanes) is 2. The molecule has 9 heteroatoms. The fourth-order valence-corrected chi connectivity index (χ4v) is 5.46. The zero-order valence-corrected chi connectivity index (χ0v) is 29.7. The minimum atomic E-state index is -0.579. The van der Waals surface area contributed by atoms with E-state index in [2.05, 4.69) is 13.2 Å². The summed E-state index contributed by atoms with van der Waals surface area (Å²) >= 11 is 0. The quantitative estimate of drug-likeness (QED) is 0.0353. The third-order valence-corrected chi connectivity index (χ3v) is 8.42. The Kier molecular flexibility index (Phi) is 16.4. The summed E-state index contributed by atoms with van der Waals surface area (Å²) in [7, 11) is 0. The molecule has 4 rings (SSSR count). The Bertz CT molecular complexity index is 1650. The van der Waals surface area contributed by atoms with E-state index in [1.54, 1.807) is 12.2 Å². The molecule has 1 aliphatic carbocycles. The Morgan fingerprint density at radius 2 is 1.21 bits per heavy atom. The molecule has 1 aliphatic rings. The summed E-state index contributed by atoms with van der Waals surface area (Å²) in [6.07, 6.45) is 12.1. The van der Waals surface area contributed by atoms with Crippen LogP contribution in [0.15, 0.2) is 104 Å². The lowest BCUT2D eigenvalue weighted by Crippen LogP contribution is -2.22. The van der Waals surface area contributed by atoms with Crippen molar-refractivity contribution in [2.45, 2.75) is 70.3 Å². The van der Waals surface area contributed by atoms with Crippen LogP contribution in [0.3, 0.4) is 0 Å². The van der Waals surface area contributed by atoms with Gasteiger partial charge in [0.15, 0.2) is 5.78 Å². The summed E-state index contributed by atoms with van der Waals surface area (Å²) < 4.78 is 27.2. The van der Waals surface area contributed by atoms with Gasteiger partial charge in [0.2, 0.25) is 0 Å². The minimum Gasteiger partial charge on any atom is -0.494 e. The van der Waals surface area contributed by atoms with E-state index >= 15 is 0 Å². The van der Waals surface area contributed by atoms with Gasteiger partial charge in [-0.25, -0.2) is 9.59 Å². The number of benzene rings is 3. The summed E-state index contributed by atoms with van der Waals surface area (Å²) in [6, 6.07) is 22.7. The Labute approximate surface area is 306 Å². The zero-order valence-electron chi connectivity index (χ0n) is 29.7. The second kappa shape index (κ2) is 21.7. The topological polar surface area (TPSA) is 114 Å². The molecule has 0 saturated heterocycles. The Morgan fingerprint density at radius 1 is 0.673 bits per heavy atom. The van der Waals surface area contributed by atoms with E-state index in [1.165, 1.54) is 6.42 Å². The molecule has 1 saturated carbocycles. The third-order valence-electron chi connectivity index (χ3n) is 8.42. The number of rotatable bonds is 21. The highest BCUT2D eigenvalue weighted by atomic mass is 16.5. The predicted molar refractivity (Wildman–Crippen MR) is 200 cm³/mol. The first kappa shape index (κ1) is 39.3. The fourth-order valence-electron chi connectivity index (χ4n) is 5.46. The van der Waals surface area contributed by atoms with Crippen molar-refractivity contribution in [3.63, 3.8) is 0 Å². The average molecular weight is 709 g/mol. The van der Waals surface area contributed by atoms with E-state index in [-0.39, 0.29) is 30.5 Å². The lowest BCUT2D eigenvalue weighted by atomic mass is 9.98. The molecule has 1 fully saturated rings. The summed E-state index contributed by atoms with van der Waals surface area (Å²) in [5, 5.41) is 0. The number of esters is 3. The first-order valence-electron chi connectivity index (χ1n) is 17.9. The van der Waals surface area contributed by atoms with Gasteiger partial charge in [-0.15, -0.1) is 0 Å². The van der Waals surface area contributed by atoms with E-state index < -0.39 is 17.9 Å². The molecule has 52 heavy (non-hydrogen) atoms. The zero-order chi connectivity index (χ0) is 37.0. The van der Waals surface area contributed by atoms with Gasteiger partial charge in [-0.3, -0.25) is 9.59 Å². The normalized spacial score (nSPS) is 12.8. The predicted octanol–water partition coefficient (Wildman–Crippen LogP) is 8.66. The summed E-state index contributed by atoms with van der Waals surface area (Å²) in [4.78, 5) is 48.1. The van der Waals surface area contributed by atoms with E-state index in [1.807, 2.05) is 72.8 Å². The van der Waals surface area contributed by atoms with Crippen LogP contribution in [0, 0.1) is 0 Å². The smallest absolute Gasteiger partial charge is 0.333 e. The van der Waals surface area contributed by atoms with Crippen molar-refractivity contribution in [1.82, 2.24) is 0 Å². The van der Waals surface area contributed by atoms with Gasteiger partial charge < -0.3 is 23.7 Å². The highest BCUT2D eigenvalue weighted by Gasteiger charge is 2.20. The van der Waals surface area contributed by atoms with Gasteiger partial charge in [0.05, 0.1) is 32.8 Å². The van der Waals surface area contributed by atoms with Crippen LogP contribution >= 0.6 is 0 Å².